The number of nitrogens with one attached hydrogen (secondary N) is 2. The third kappa shape index (κ3) is 4.89. The van der Waals surface area contributed by atoms with E-state index in [9.17, 15) is 9.59 Å². The lowest BCUT2D eigenvalue weighted by atomic mass is 9.73. The lowest BCUT2D eigenvalue weighted by Gasteiger charge is -2.37. The number of hydrogen-bond acceptors (Lipinski definition) is 4. The molecule has 0 unspecified atom stereocenters. The molecule has 3 rings (SSSR count). The fourth-order valence-electron chi connectivity index (χ4n) is 4.13. The molecule has 7 heteroatoms. The van der Waals surface area contributed by atoms with Gasteiger partial charge in [-0.3, -0.25) is 19.5 Å². The number of guanidine groups is 1. The topological polar surface area (TPSA) is 73.8 Å². The predicted molar refractivity (Wildman–Crippen MR) is 109 cm³/mol. The lowest BCUT2D eigenvalue weighted by Crippen LogP contribution is -2.49. The van der Waals surface area contributed by atoms with Gasteiger partial charge < -0.3 is 10.6 Å². The van der Waals surface area contributed by atoms with Crippen LogP contribution in [0.2, 0.25) is 0 Å². The van der Waals surface area contributed by atoms with Crippen LogP contribution < -0.4 is 10.6 Å². The summed E-state index contributed by atoms with van der Waals surface area (Å²) in [5.41, 5.74) is 0.183. The molecular formula is C20H30N4O2S. The Hall–Kier alpha value is -1.89. The monoisotopic (exact) mass is 390 g/mol. The molecule has 1 aromatic heterocycles. The van der Waals surface area contributed by atoms with E-state index < -0.39 is 0 Å². The first-order valence-corrected chi connectivity index (χ1v) is 10.8. The minimum absolute atomic E-state index is 0.0603. The summed E-state index contributed by atoms with van der Waals surface area (Å²) in [6.07, 6.45) is 7.88. The number of amides is 2. The second-order valence-electron chi connectivity index (χ2n) is 7.46. The molecule has 1 aromatic rings. The van der Waals surface area contributed by atoms with Gasteiger partial charge in [-0.05, 0) is 30.7 Å². The zero-order valence-electron chi connectivity index (χ0n) is 16.1. The summed E-state index contributed by atoms with van der Waals surface area (Å²) in [6, 6.07) is 4.39. The molecule has 0 atom stereocenters. The van der Waals surface area contributed by atoms with Crippen LogP contribution in [0.25, 0.3) is 0 Å². The molecule has 148 valence electrons. The second kappa shape index (κ2) is 9.35. The number of hydrogen-bond donors (Lipinski definition) is 2. The van der Waals surface area contributed by atoms with Crippen LogP contribution in [0.4, 0.5) is 0 Å². The number of imide groups is 1. The van der Waals surface area contributed by atoms with Crippen molar-refractivity contribution in [3.05, 3.63) is 22.4 Å². The summed E-state index contributed by atoms with van der Waals surface area (Å²) < 4.78 is 0. The zero-order chi connectivity index (χ0) is 19.1. The van der Waals surface area contributed by atoms with Crippen LogP contribution >= 0.6 is 11.3 Å². The maximum absolute atomic E-state index is 11.9. The Balaban J connectivity index is 1.52. The van der Waals surface area contributed by atoms with Gasteiger partial charge >= 0.3 is 0 Å². The standard InChI is InChI=1S/C20H30N4O2S/c1-21-19(22-12-13-24-17(25)8-5-9-18(24)26)23-15-20(10-3-2-4-11-20)16-7-6-14-27-16/h6-7,14H,2-5,8-13,15H2,1H3,(H2,21,22,23). The Labute approximate surface area is 165 Å². The molecule has 0 aromatic carbocycles. The number of rotatable bonds is 6. The van der Waals surface area contributed by atoms with Crippen molar-refractivity contribution in [3.63, 3.8) is 0 Å². The first kappa shape index (κ1) is 19.9. The molecule has 0 bridgehead atoms. The Bertz CT molecular complexity index is 650. The number of nitrogens with zero attached hydrogens (tertiary/aromatic N) is 2. The first-order chi connectivity index (χ1) is 13.1. The van der Waals surface area contributed by atoms with Gasteiger partial charge in [-0.2, -0.15) is 0 Å². The highest BCUT2D eigenvalue weighted by atomic mass is 32.1. The summed E-state index contributed by atoms with van der Waals surface area (Å²) >= 11 is 1.84. The van der Waals surface area contributed by atoms with Gasteiger partial charge in [0.25, 0.3) is 0 Å². The number of piperidine rings is 1. The van der Waals surface area contributed by atoms with E-state index in [0.717, 1.165) is 12.5 Å². The van der Waals surface area contributed by atoms with Gasteiger partial charge in [0.1, 0.15) is 0 Å². The minimum Gasteiger partial charge on any atom is -0.355 e. The fourth-order valence-corrected chi connectivity index (χ4v) is 5.12. The third-order valence-electron chi connectivity index (χ3n) is 5.68. The van der Waals surface area contributed by atoms with Crippen molar-refractivity contribution < 1.29 is 9.59 Å². The molecule has 1 saturated carbocycles. The SMILES string of the molecule is CN=C(NCCN1C(=O)CCCC1=O)NCC1(c2cccs2)CCCCC1. The molecule has 2 heterocycles. The van der Waals surface area contributed by atoms with Crippen LogP contribution in [0.1, 0.15) is 56.2 Å². The quantitative estimate of drug-likeness (QED) is 0.445. The molecule has 2 fully saturated rings. The summed E-state index contributed by atoms with van der Waals surface area (Å²) in [5.74, 6) is 0.609. The Morgan fingerprint density at radius 1 is 1.15 bits per heavy atom. The van der Waals surface area contributed by atoms with Crippen LogP contribution in [-0.2, 0) is 15.0 Å². The molecule has 1 saturated heterocycles. The van der Waals surface area contributed by atoms with Crippen LogP contribution in [0.15, 0.2) is 22.5 Å². The number of carbonyl (C=O) groups excluding carboxylic acids is 2. The molecule has 1 aliphatic heterocycles. The van der Waals surface area contributed by atoms with Crippen molar-refractivity contribution in [1.82, 2.24) is 15.5 Å². The second-order valence-corrected chi connectivity index (χ2v) is 8.41. The summed E-state index contributed by atoms with van der Waals surface area (Å²) in [5, 5.41) is 8.90. The van der Waals surface area contributed by atoms with Gasteiger partial charge in [0.2, 0.25) is 11.8 Å². The number of aliphatic imine (C=N–C) groups is 1. The fraction of sp³-hybridized carbons (Fsp3) is 0.650. The van der Waals surface area contributed by atoms with E-state index in [0.29, 0.717) is 32.4 Å². The highest BCUT2D eigenvalue weighted by Crippen LogP contribution is 2.41. The van der Waals surface area contributed by atoms with E-state index in [-0.39, 0.29) is 17.2 Å². The van der Waals surface area contributed by atoms with Gasteiger partial charge in [-0.25, -0.2) is 0 Å². The summed E-state index contributed by atoms with van der Waals surface area (Å²) in [6.45, 7) is 1.77. The van der Waals surface area contributed by atoms with Crippen molar-refractivity contribution in [2.24, 2.45) is 4.99 Å². The van der Waals surface area contributed by atoms with Crippen LogP contribution in [0, 0.1) is 0 Å². The largest absolute Gasteiger partial charge is 0.355 e. The van der Waals surface area contributed by atoms with Crippen molar-refractivity contribution in [2.75, 3.05) is 26.7 Å². The minimum atomic E-state index is -0.0603. The van der Waals surface area contributed by atoms with E-state index in [1.165, 1.54) is 41.9 Å². The van der Waals surface area contributed by atoms with Gasteiger partial charge in [0, 0.05) is 49.8 Å². The number of thiophene rings is 1. The molecular weight excluding hydrogens is 360 g/mol. The highest BCUT2D eigenvalue weighted by molar-refractivity contribution is 7.10. The molecule has 6 nitrogen and oxygen atoms in total. The average Bonchev–Trinajstić information content (AvgIpc) is 3.23. The van der Waals surface area contributed by atoms with Gasteiger partial charge in [-0.15, -0.1) is 11.3 Å². The van der Waals surface area contributed by atoms with Crippen LogP contribution in [0.3, 0.4) is 0 Å². The van der Waals surface area contributed by atoms with Crippen molar-refractivity contribution in [2.45, 2.75) is 56.8 Å². The molecule has 27 heavy (non-hydrogen) atoms. The predicted octanol–water partition coefficient (Wildman–Crippen LogP) is 2.65. The van der Waals surface area contributed by atoms with Gasteiger partial charge in [0.05, 0.1) is 0 Å². The van der Waals surface area contributed by atoms with E-state index >= 15 is 0 Å². The lowest BCUT2D eigenvalue weighted by molar-refractivity contribution is -0.147. The zero-order valence-corrected chi connectivity index (χ0v) is 16.9. The third-order valence-corrected chi connectivity index (χ3v) is 6.80. The van der Waals surface area contributed by atoms with E-state index in [4.69, 9.17) is 0 Å². The van der Waals surface area contributed by atoms with Crippen LogP contribution in [0.5, 0.6) is 0 Å². The van der Waals surface area contributed by atoms with Crippen molar-refractivity contribution in [3.8, 4) is 0 Å². The molecule has 0 spiro atoms. The Morgan fingerprint density at radius 3 is 2.52 bits per heavy atom. The smallest absolute Gasteiger partial charge is 0.229 e. The van der Waals surface area contributed by atoms with Crippen molar-refractivity contribution in [1.29, 1.82) is 0 Å². The van der Waals surface area contributed by atoms with Crippen LogP contribution in [-0.4, -0.2) is 49.4 Å². The molecule has 2 aliphatic rings. The molecule has 0 radical (unpaired) electrons. The van der Waals surface area contributed by atoms with E-state index in [2.05, 4.69) is 33.1 Å². The van der Waals surface area contributed by atoms with Crippen molar-refractivity contribution >= 4 is 29.1 Å². The summed E-state index contributed by atoms with van der Waals surface area (Å²) in [4.78, 5) is 30.9. The molecule has 1 aliphatic carbocycles. The Kier molecular flexibility index (Phi) is 6.88. The first-order valence-electron chi connectivity index (χ1n) is 9.96. The average molecular weight is 391 g/mol. The maximum atomic E-state index is 11.9. The molecule has 2 N–H and O–H groups in total. The Morgan fingerprint density at radius 2 is 1.89 bits per heavy atom. The van der Waals surface area contributed by atoms with E-state index in [1.807, 2.05) is 11.3 Å². The number of likely N-dealkylation sites (tertiary alicyclic amines) is 1. The van der Waals surface area contributed by atoms with E-state index in [1.54, 1.807) is 7.05 Å². The highest BCUT2D eigenvalue weighted by Gasteiger charge is 2.35. The normalized spacial score (nSPS) is 20.6. The van der Waals surface area contributed by atoms with Gasteiger partial charge in [0.15, 0.2) is 5.96 Å². The number of carbonyl (C=O) groups is 2. The molecule has 2 amide bonds. The summed E-state index contributed by atoms with van der Waals surface area (Å²) in [7, 11) is 1.76. The maximum Gasteiger partial charge on any atom is 0.229 e. The van der Waals surface area contributed by atoms with Gasteiger partial charge in [-0.1, -0.05) is 25.3 Å².